The molecule has 144 heavy (non-hydrogen) atoms. The molecule has 0 nitrogen and oxygen atoms in total. The summed E-state index contributed by atoms with van der Waals surface area (Å²) in [5.41, 5.74) is 37.2. The molecule has 27 aromatic carbocycles. The van der Waals surface area contributed by atoms with Crippen molar-refractivity contribution in [3.63, 3.8) is 0 Å². The molecule has 0 aliphatic carbocycles. The van der Waals surface area contributed by atoms with Crippen LogP contribution < -0.4 is 0 Å². The van der Waals surface area contributed by atoms with Crippen molar-refractivity contribution in [3.8, 4) is 167 Å². The zero-order chi connectivity index (χ0) is 95.6. The fourth-order valence-corrected chi connectivity index (χ4v) is 22.5. The van der Waals surface area contributed by atoms with Gasteiger partial charge >= 0.3 is 0 Å². The Hall–Kier alpha value is -18.7. The van der Waals surface area contributed by atoms with Crippen LogP contribution in [-0.2, 0) is 0 Å². The van der Waals surface area contributed by atoms with Crippen molar-refractivity contribution in [2.75, 3.05) is 0 Å². The molecule has 0 N–H and O–H groups in total. The Bertz CT molecular complexity index is 9400. The standard InChI is InChI=1S/3C48H32/c1-2-16-34(17-3-1)39-21-6-7-22-40(39)36-19-14-20-37(32-36)41-23-8-9-24-42(41)48-45-27-12-10-25-43(45)47(44-26-11-13-28-46(44)48)38-30-29-33-15-4-5-18-35(33)31-38;1-2-15-33(16-3-1)36-19-14-20-37(31-36)39-21-6-7-22-40(39)41-23-8-9-24-42(41)48-45-27-12-10-25-43(45)47(44-26-11-13-28-46(44)48)38-30-29-34-17-4-5-18-35(34)32-38;1-2-17-34(18-3-1)37-20-6-7-21-38(37)39-22-8-9-23-40(39)41-24-10-11-25-42(41)48-45-28-14-12-26-43(45)47(44-27-13-15-29-46(44)48)36-31-30-33-16-4-5-19-35(33)32-36/h3*1-32H. The maximum atomic E-state index is 2.36. The Morgan fingerprint density at radius 2 is 0.236 bits per heavy atom. The number of fused-ring (bicyclic) bond motifs is 9. The summed E-state index contributed by atoms with van der Waals surface area (Å²) in [5, 5.41) is 22.7. The van der Waals surface area contributed by atoms with Crippen LogP contribution in [0.25, 0.3) is 264 Å². The van der Waals surface area contributed by atoms with E-state index in [2.05, 4.69) is 582 Å². The first-order chi connectivity index (χ1) is 71.5. The molecule has 0 spiro atoms. The van der Waals surface area contributed by atoms with E-state index in [4.69, 9.17) is 0 Å². The molecule has 0 saturated carbocycles. The molecule has 0 unspecified atom stereocenters. The van der Waals surface area contributed by atoms with Crippen LogP contribution in [0.5, 0.6) is 0 Å². The van der Waals surface area contributed by atoms with Crippen LogP contribution in [0.2, 0.25) is 0 Å². The van der Waals surface area contributed by atoms with Crippen molar-refractivity contribution in [1.29, 1.82) is 0 Å². The van der Waals surface area contributed by atoms with Crippen LogP contribution in [-0.4, -0.2) is 0 Å². The van der Waals surface area contributed by atoms with Crippen molar-refractivity contribution in [3.05, 3.63) is 582 Å². The smallest absolute Gasteiger partial charge is 0.00201 e. The minimum Gasteiger partial charge on any atom is -0.0622 e. The molecule has 0 aliphatic heterocycles. The molecule has 0 bridgehead atoms. The third-order valence-electron chi connectivity index (χ3n) is 29.0. The maximum Gasteiger partial charge on any atom is -0.00201 e. The molecule has 0 radical (unpaired) electrons. The van der Waals surface area contributed by atoms with Crippen LogP contribution in [0.3, 0.4) is 0 Å². The van der Waals surface area contributed by atoms with Gasteiger partial charge in [0.05, 0.1) is 0 Å². The van der Waals surface area contributed by atoms with E-state index in [9.17, 15) is 0 Å². The molecule has 27 aromatic rings. The van der Waals surface area contributed by atoms with Gasteiger partial charge in [0.15, 0.2) is 0 Å². The van der Waals surface area contributed by atoms with Gasteiger partial charge in [-0.3, -0.25) is 0 Å². The molecule has 0 atom stereocenters. The zero-order valence-corrected chi connectivity index (χ0v) is 79.4. The minimum absolute atomic E-state index is 1.21. The van der Waals surface area contributed by atoms with Gasteiger partial charge in [0.25, 0.3) is 0 Å². The molecule has 0 saturated heterocycles. The van der Waals surface area contributed by atoms with Crippen molar-refractivity contribution < 1.29 is 0 Å². The van der Waals surface area contributed by atoms with E-state index in [1.807, 2.05) is 0 Å². The summed E-state index contributed by atoms with van der Waals surface area (Å²) in [5.74, 6) is 0. The third-order valence-corrected chi connectivity index (χ3v) is 29.0. The average Bonchev–Trinajstić information content (AvgIpc) is 0.732. The SMILES string of the molecule is c1ccc(-c2cccc(-c3ccccc3-c3ccccc3-c3c4ccccc4c(-c4ccc5ccccc5c4)c4ccccc34)c2)cc1.c1ccc(-c2ccccc2-c2cccc(-c3ccccc3-c3c4ccccc4c(-c4ccc5ccccc5c4)c4ccccc34)c2)cc1.c1ccc(-c2ccccc2-c2ccccc2-c2ccccc2-c2c3ccccc3c(-c3ccc4ccccc4c3)c3ccccc23)cc1. The van der Waals surface area contributed by atoms with Gasteiger partial charge in [-0.1, -0.05) is 552 Å². The number of rotatable bonds is 15. The fourth-order valence-electron chi connectivity index (χ4n) is 22.5. The summed E-state index contributed by atoms with van der Waals surface area (Å²) in [6.07, 6.45) is 0. The highest BCUT2D eigenvalue weighted by Crippen LogP contribution is 2.54. The second-order valence-electron chi connectivity index (χ2n) is 37.3. The Kier molecular flexibility index (Phi) is 23.3. The predicted molar refractivity (Wildman–Crippen MR) is 618 cm³/mol. The molecular formula is C144H96. The predicted octanol–water partition coefficient (Wildman–Crippen LogP) is 40.4. The minimum atomic E-state index is 1.21. The molecule has 0 aromatic heterocycles. The Morgan fingerprint density at radius 1 is 0.0694 bits per heavy atom. The van der Waals surface area contributed by atoms with Crippen LogP contribution in [0.1, 0.15) is 0 Å². The molecule has 0 amide bonds. The van der Waals surface area contributed by atoms with Gasteiger partial charge in [-0.15, -0.1) is 0 Å². The van der Waals surface area contributed by atoms with Crippen molar-refractivity contribution >= 4 is 97.0 Å². The zero-order valence-electron chi connectivity index (χ0n) is 79.4. The second-order valence-corrected chi connectivity index (χ2v) is 37.3. The molecule has 0 fully saturated rings. The van der Waals surface area contributed by atoms with Gasteiger partial charge in [0.2, 0.25) is 0 Å². The van der Waals surface area contributed by atoms with E-state index >= 15 is 0 Å². The highest BCUT2D eigenvalue weighted by atomic mass is 14.3. The lowest BCUT2D eigenvalue weighted by Crippen LogP contribution is -1.94. The Balaban J connectivity index is 0.000000113. The van der Waals surface area contributed by atoms with E-state index < -0.39 is 0 Å². The van der Waals surface area contributed by atoms with Crippen LogP contribution >= 0.6 is 0 Å². The highest BCUT2D eigenvalue weighted by Gasteiger charge is 2.26. The van der Waals surface area contributed by atoms with Crippen LogP contribution in [0, 0.1) is 0 Å². The average molecular weight is 1830 g/mol. The third kappa shape index (κ3) is 16.3. The van der Waals surface area contributed by atoms with Gasteiger partial charge in [-0.2, -0.15) is 0 Å². The van der Waals surface area contributed by atoms with Crippen LogP contribution in [0.4, 0.5) is 0 Å². The molecule has 672 valence electrons. The molecular weight excluding hydrogens is 1730 g/mol. The first-order valence-electron chi connectivity index (χ1n) is 49.8. The topological polar surface area (TPSA) is 0 Å². The number of benzene rings is 27. The normalized spacial score (nSPS) is 11.3. The molecule has 0 aliphatic rings. The molecule has 0 heteroatoms. The first-order valence-corrected chi connectivity index (χ1v) is 49.8. The van der Waals surface area contributed by atoms with Gasteiger partial charge in [0, 0.05) is 0 Å². The lowest BCUT2D eigenvalue weighted by Gasteiger charge is -2.21. The largest absolute Gasteiger partial charge is 0.0622 e. The summed E-state index contributed by atoms with van der Waals surface area (Å²) in [7, 11) is 0. The van der Waals surface area contributed by atoms with Crippen molar-refractivity contribution in [2.45, 2.75) is 0 Å². The fraction of sp³-hybridized carbons (Fsp3) is 0. The van der Waals surface area contributed by atoms with E-state index in [0.717, 1.165) is 0 Å². The van der Waals surface area contributed by atoms with Crippen molar-refractivity contribution in [1.82, 2.24) is 0 Å². The van der Waals surface area contributed by atoms with Gasteiger partial charge in [-0.05, 0) is 294 Å². The van der Waals surface area contributed by atoms with E-state index in [-0.39, 0.29) is 0 Å². The van der Waals surface area contributed by atoms with E-state index in [1.54, 1.807) is 0 Å². The summed E-state index contributed by atoms with van der Waals surface area (Å²) in [6.45, 7) is 0. The van der Waals surface area contributed by atoms with Crippen LogP contribution in [0.15, 0.2) is 582 Å². The summed E-state index contributed by atoms with van der Waals surface area (Å²) >= 11 is 0. The molecule has 0 heterocycles. The number of hydrogen-bond acceptors (Lipinski definition) is 0. The maximum absolute atomic E-state index is 2.36. The number of hydrogen-bond donors (Lipinski definition) is 0. The highest BCUT2D eigenvalue weighted by molar-refractivity contribution is 6.27. The Labute approximate surface area is 840 Å². The quantitative estimate of drug-likeness (QED) is 0.0898. The Morgan fingerprint density at radius 3 is 0.528 bits per heavy atom. The summed E-state index contributed by atoms with van der Waals surface area (Å²) < 4.78 is 0. The van der Waals surface area contributed by atoms with Gasteiger partial charge in [0.1, 0.15) is 0 Å². The molecule has 27 rings (SSSR count). The lowest BCUT2D eigenvalue weighted by molar-refractivity contribution is 1.56. The lowest BCUT2D eigenvalue weighted by atomic mass is 9.82. The van der Waals surface area contributed by atoms with Gasteiger partial charge < -0.3 is 0 Å². The second kappa shape index (κ2) is 38.6. The monoisotopic (exact) mass is 1820 g/mol. The van der Waals surface area contributed by atoms with Gasteiger partial charge in [-0.25, -0.2) is 0 Å². The van der Waals surface area contributed by atoms with E-state index in [1.165, 1.54) is 264 Å². The summed E-state index contributed by atoms with van der Waals surface area (Å²) in [4.78, 5) is 0. The summed E-state index contributed by atoms with van der Waals surface area (Å²) in [6, 6.07) is 212. The van der Waals surface area contributed by atoms with Crippen molar-refractivity contribution in [2.24, 2.45) is 0 Å². The first kappa shape index (κ1) is 86.8. The van der Waals surface area contributed by atoms with E-state index in [0.29, 0.717) is 0 Å².